The first kappa shape index (κ1) is 128. The van der Waals surface area contributed by atoms with Crippen LogP contribution in [-0.2, 0) is 99.1 Å². The van der Waals surface area contributed by atoms with Gasteiger partial charge in [-0.2, -0.15) is 24.9 Å². The summed E-state index contributed by atoms with van der Waals surface area (Å²) in [7, 11) is 1.38. The molecule has 0 spiro atoms. The second-order valence-electron chi connectivity index (χ2n) is 34.0. The van der Waals surface area contributed by atoms with Crippen LogP contribution in [0.5, 0.6) is 5.75 Å². The van der Waals surface area contributed by atoms with Gasteiger partial charge in [0.2, 0.25) is 82.7 Å². The molecule has 61 heteroatoms. The third-order valence-corrected chi connectivity index (χ3v) is 22.6. The number of nitrogens with one attached hydrogen (secondary N) is 20. The van der Waals surface area contributed by atoms with Crippen molar-refractivity contribution in [2.24, 2.45) is 34.6 Å². The maximum Gasteiger partial charge on any atom is 0.490 e. The van der Waals surface area contributed by atoms with Crippen LogP contribution < -0.4 is 129 Å². The predicted molar refractivity (Wildman–Crippen MR) is 530 cm³/mol. The van der Waals surface area contributed by atoms with Gasteiger partial charge in [0.15, 0.2) is 17.9 Å². The number of ether oxygens (including phenoxy) is 1. The van der Waals surface area contributed by atoms with Crippen LogP contribution in [0.15, 0.2) is 82.0 Å². The highest BCUT2D eigenvalue weighted by Crippen LogP contribution is 2.30. The standard InChI is InChI=1S/C87H129N27O28S.C2HF3O2/c1-45(2)71(112-80(132)59(28-30-68(119)120)107-83(135)63(44-115)101-66(116)39-48-40-70(123)142-65-42-50(141-4)24-25-51(48)65)84(136)109-55(18-9-11-32-88)76(128)108-60(31-37-143-5)79(131)111-62(43-69(121)122)81(133)100-46(3)73(125)103-58(27-29-67(117)118)78(130)110-61(38-47-16-7-6-8-17-47)82(134)106-57(22-15-36-99-87(94)95)77(129)104-54(19-10-12-33-96-52-26-23-49(113(137)138)41-64(52)114(139)140)75(127)105-56(21-14-35-98-86(92)93)74(126)102-53(72(89)124)20-13-34-97-85(90)91;3-2(4,5)1(6)7/h6-8,16-17,23-26,40-42,45-46,53-63,71,96,115H,9-15,18-22,27-39,43-44,88H2,1-5H3,(H2,89,124)(H,100,133)(H,101,116)(H,102,126)(H,103,125)(H,104,129)(H,105,127)(H,106,134)(H,107,135)(H,108,128)(H,109,136)(H,110,130)(H,111,131)(H,112,132)(H,117,118)(H,119,120)(H,121,122)(H4,90,91,97)(H4,92,93,98)(H4,94,95,99);(H,6,7)/t46-,53-,54-,55-,56-,57-,58-,59-,60-,61-,62-,63-,71-;/m0./s1. The maximum absolute atomic E-state index is 15.1. The number of nitrogens with two attached hydrogens (primary N) is 5. The summed E-state index contributed by atoms with van der Waals surface area (Å²) in [5.41, 5.74) is 26.3. The molecule has 1 heterocycles. The SMILES string of the molecule is COc1ccc2c(CC(=O)N[C@@H](CO)C(=O)N[C@@H](CCC(=O)O)C(=O)N[C@H](C(=O)N[C@@H](CCCCN)C(=O)N[C@@H](CCSC)C(=O)N[C@@H](CC(=O)O)C(=O)N[C@@H](C)C(=O)N[C@@H](CCC(=O)O)C(=O)N[C@@H](Cc3ccccc3)C(=O)N[C@@H](CCCNC(=N)N)C(=O)N[C@@H](CCCCNc3ccc([N+](=O)[O-])cc3[N+](=O)[O-])C(=O)N[C@@H](CCCNC(=N)N)C(=O)N[C@@H](CCCNC(=N)N)C(N)=O)C(C)C)cc(=O)oc2c1.O=C(O)C(F)(F)F. The number of hydrogen-bond donors (Lipinski definition) is 30. The number of primary amides is 1. The zero-order valence-electron chi connectivity index (χ0n) is 82.4. The van der Waals surface area contributed by atoms with Crippen molar-refractivity contribution in [2.75, 3.05) is 63.8 Å². The number of hydrogen-bond acceptors (Lipinski definition) is 32. The van der Waals surface area contributed by atoms with Crippen molar-refractivity contribution in [3.05, 3.63) is 115 Å². The van der Waals surface area contributed by atoms with Crippen molar-refractivity contribution in [1.29, 1.82) is 16.2 Å². The number of benzene rings is 3. The van der Waals surface area contributed by atoms with Crippen LogP contribution in [0, 0.1) is 42.4 Å². The minimum Gasteiger partial charge on any atom is -0.497 e. The molecule has 0 bridgehead atoms. The minimum absolute atomic E-state index is 0.0205. The van der Waals surface area contributed by atoms with Gasteiger partial charge in [-0.1, -0.05) is 44.2 Å². The fourth-order valence-corrected chi connectivity index (χ4v) is 14.6. The molecule has 150 heavy (non-hydrogen) atoms. The van der Waals surface area contributed by atoms with E-state index in [0.29, 0.717) is 16.7 Å². The van der Waals surface area contributed by atoms with E-state index >= 15 is 9.59 Å². The zero-order valence-corrected chi connectivity index (χ0v) is 83.2. The van der Waals surface area contributed by atoms with Crippen LogP contribution in [0.25, 0.3) is 11.0 Å². The van der Waals surface area contributed by atoms with Crippen LogP contribution in [0.1, 0.15) is 147 Å². The quantitative estimate of drug-likeness (QED) is 0.00496. The molecule has 828 valence electrons. The number of alkyl halides is 3. The number of non-ortho nitro benzene ring substituents is 1. The molecule has 13 atom stereocenters. The fraction of sp³-hybridized carbons (Fsp3) is 0.528. The van der Waals surface area contributed by atoms with Crippen LogP contribution in [0.2, 0.25) is 0 Å². The molecule has 1 aromatic heterocycles. The van der Waals surface area contributed by atoms with E-state index < -0.39 is 288 Å². The second kappa shape index (κ2) is 66.0. The third kappa shape index (κ3) is 48.3. The number of fused-ring (bicyclic) bond motifs is 1. The molecule has 0 aliphatic heterocycles. The number of nitrogens with zero attached hydrogens (tertiary/aromatic N) is 2. The fourth-order valence-electron chi connectivity index (χ4n) is 14.1. The largest absolute Gasteiger partial charge is 0.497 e. The Kier molecular flexibility index (Phi) is 56.2. The van der Waals surface area contributed by atoms with Crippen molar-refractivity contribution in [2.45, 2.75) is 234 Å². The number of unbranched alkanes of at least 4 members (excludes halogenated alkanes) is 2. The molecule has 0 saturated carbocycles. The summed E-state index contributed by atoms with van der Waals surface area (Å²) in [6.07, 6.45) is -9.42. The van der Waals surface area contributed by atoms with E-state index in [1.54, 1.807) is 24.5 Å². The van der Waals surface area contributed by atoms with Crippen molar-refractivity contribution in [1.82, 2.24) is 85.1 Å². The Labute approximate surface area is 858 Å². The van der Waals surface area contributed by atoms with Crippen molar-refractivity contribution in [3.63, 3.8) is 0 Å². The highest BCUT2D eigenvalue weighted by Gasteiger charge is 2.41. The molecule has 4 rings (SSSR count). The number of aliphatic carboxylic acids is 4. The number of guanidine groups is 3. The van der Waals surface area contributed by atoms with Gasteiger partial charge in [0, 0.05) is 69.0 Å². The summed E-state index contributed by atoms with van der Waals surface area (Å²) in [6, 6.07) is -6.06. The smallest absolute Gasteiger partial charge is 0.490 e. The number of rotatable bonds is 68. The van der Waals surface area contributed by atoms with E-state index in [1.165, 1.54) is 63.1 Å². The number of carbonyl (C=O) groups is 18. The van der Waals surface area contributed by atoms with E-state index in [1.807, 2.05) is 0 Å². The number of amides is 14. The van der Waals surface area contributed by atoms with Gasteiger partial charge < -0.3 is 154 Å². The average Bonchev–Trinajstić information content (AvgIpc) is 0.799. The number of anilines is 1. The molecule has 0 unspecified atom stereocenters. The lowest BCUT2D eigenvalue weighted by molar-refractivity contribution is -0.393. The van der Waals surface area contributed by atoms with Gasteiger partial charge in [-0.15, -0.1) is 0 Å². The second-order valence-corrected chi connectivity index (χ2v) is 35.0. The van der Waals surface area contributed by atoms with Crippen LogP contribution >= 0.6 is 11.8 Å². The van der Waals surface area contributed by atoms with Crippen molar-refractivity contribution >= 4 is 164 Å². The molecule has 0 aliphatic carbocycles. The molecule has 0 fully saturated rings. The number of carbonyl (C=O) groups excluding carboxylic acids is 14. The molecule has 3 aromatic carbocycles. The van der Waals surface area contributed by atoms with Crippen LogP contribution in [-0.4, -0.2) is 303 Å². The van der Waals surface area contributed by atoms with Gasteiger partial charge in [0.1, 0.15) is 95.6 Å². The first-order valence-corrected chi connectivity index (χ1v) is 48.1. The van der Waals surface area contributed by atoms with E-state index in [-0.39, 0.29) is 145 Å². The highest BCUT2D eigenvalue weighted by molar-refractivity contribution is 7.98. The molecule has 4 aromatic rings. The predicted octanol–water partition coefficient (Wildman–Crippen LogP) is -4.35. The van der Waals surface area contributed by atoms with Crippen molar-refractivity contribution in [3.8, 4) is 5.75 Å². The Bertz CT molecular complexity index is 5440. The Morgan fingerprint density at radius 2 is 0.893 bits per heavy atom. The van der Waals surface area contributed by atoms with Gasteiger partial charge in [0.05, 0.1) is 42.5 Å². The summed E-state index contributed by atoms with van der Waals surface area (Å²) in [5, 5.41) is 136. The van der Waals surface area contributed by atoms with Gasteiger partial charge in [-0.25, -0.2) is 9.59 Å². The molecular weight excluding hydrogens is 2020 g/mol. The maximum atomic E-state index is 15.1. The molecule has 35 N–H and O–H groups in total. The first-order valence-electron chi connectivity index (χ1n) is 46.7. The summed E-state index contributed by atoms with van der Waals surface area (Å²) < 4.78 is 42.2. The Hall–Kier alpha value is -16.4. The molecule has 0 saturated heterocycles. The lowest BCUT2D eigenvalue weighted by atomic mass is 10.0. The van der Waals surface area contributed by atoms with Gasteiger partial charge >= 0.3 is 35.7 Å². The average molecular weight is 2150 g/mol. The van der Waals surface area contributed by atoms with E-state index in [4.69, 9.17) is 64.0 Å². The Morgan fingerprint density at radius 3 is 1.33 bits per heavy atom. The van der Waals surface area contributed by atoms with Gasteiger partial charge in [-0.3, -0.25) is 118 Å². The monoisotopic (exact) mass is 2150 g/mol. The molecule has 14 amide bonds. The number of nitro groups is 2. The topological polar surface area (TPSA) is 940 Å². The first-order chi connectivity index (χ1) is 70.6. The lowest BCUT2D eigenvalue weighted by Gasteiger charge is -2.29. The Morgan fingerprint density at radius 1 is 0.473 bits per heavy atom. The highest BCUT2D eigenvalue weighted by atomic mass is 32.2. The van der Waals surface area contributed by atoms with E-state index in [2.05, 4.69) is 90.4 Å². The Balaban J connectivity index is 0.00000794. The minimum atomic E-state index is -5.08. The lowest BCUT2D eigenvalue weighted by Crippen LogP contribution is -2.61. The number of halogens is 3. The summed E-state index contributed by atoms with van der Waals surface area (Å²) in [5.74, 6) is -24.7. The van der Waals surface area contributed by atoms with E-state index in [0.717, 1.165) is 31.2 Å². The van der Waals surface area contributed by atoms with Gasteiger partial charge in [0.25, 0.3) is 11.4 Å². The van der Waals surface area contributed by atoms with Gasteiger partial charge in [-0.05, 0) is 157 Å². The number of nitro benzene ring substituents is 2. The number of thioether (sulfide) groups is 1. The summed E-state index contributed by atoms with van der Waals surface area (Å²) >= 11 is 1.18. The number of carboxylic acids is 4. The third-order valence-electron chi connectivity index (χ3n) is 21.9. The molecular formula is C89H130F3N27O30S. The molecule has 57 nitrogen and oxygen atoms in total. The van der Waals surface area contributed by atoms with E-state index in [9.17, 15) is 131 Å². The normalized spacial score (nSPS) is 13.6. The van der Waals surface area contributed by atoms with Crippen molar-refractivity contribution < 1.29 is 144 Å². The number of aliphatic hydroxyl groups excluding tert-OH is 1. The number of carboxylic acid groups (broad SMARTS) is 4. The molecule has 0 radical (unpaired) electrons. The molecule has 0 aliphatic rings. The number of aliphatic hydroxyl groups is 1. The summed E-state index contributed by atoms with van der Waals surface area (Å²) in [6.45, 7) is 2.87. The zero-order chi connectivity index (χ0) is 113. The summed E-state index contributed by atoms with van der Waals surface area (Å²) in [4.78, 5) is 280. The van der Waals surface area contributed by atoms with Crippen LogP contribution in [0.3, 0.4) is 0 Å². The number of methoxy groups -OCH3 is 1. The van der Waals surface area contributed by atoms with Crippen LogP contribution in [0.4, 0.5) is 30.2 Å².